The molecule has 2 aromatic rings. The van der Waals surface area contributed by atoms with Crippen LogP contribution in [0.25, 0.3) is 0 Å². The lowest BCUT2D eigenvalue weighted by Crippen LogP contribution is -2.50. The van der Waals surface area contributed by atoms with Gasteiger partial charge in [0, 0.05) is 39.1 Å². The van der Waals surface area contributed by atoms with Crippen molar-refractivity contribution in [3.63, 3.8) is 0 Å². The number of nitrogens with zero attached hydrogens (tertiary/aromatic N) is 4. The normalized spacial score (nSPS) is 17.5. The van der Waals surface area contributed by atoms with Gasteiger partial charge < -0.3 is 14.8 Å². The Bertz CT molecular complexity index is 702. The Kier molecular flexibility index (Phi) is 3.70. The number of hydrogen-bond donors (Lipinski definition) is 1. The average Bonchev–Trinajstić information content (AvgIpc) is 3.17. The lowest BCUT2D eigenvalue weighted by Gasteiger charge is -2.33. The lowest BCUT2D eigenvalue weighted by molar-refractivity contribution is 0.0644. The maximum absolute atomic E-state index is 12.2. The third kappa shape index (κ3) is 2.38. The van der Waals surface area contributed by atoms with Gasteiger partial charge in [0.25, 0.3) is 11.8 Å². The van der Waals surface area contributed by atoms with Crippen LogP contribution < -0.4 is 5.32 Å². The van der Waals surface area contributed by atoms with Gasteiger partial charge in [-0.15, -0.1) is 0 Å². The predicted molar refractivity (Wildman–Crippen MR) is 80.5 cm³/mol. The minimum atomic E-state index is -0.168. The average molecular weight is 301 g/mol. The minimum absolute atomic E-state index is 0.0194. The second-order valence-electron chi connectivity index (χ2n) is 5.36. The minimum Gasteiger partial charge on any atom is -0.349 e. The van der Waals surface area contributed by atoms with E-state index in [0.29, 0.717) is 31.0 Å². The number of aryl methyl sites for hydroxylation is 1. The number of hydrogen-bond acceptors (Lipinski definition) is 3. The van der Waals surface area contributed by atoms with Crippen molar-refractivity contribution in [2.45, 2.75) is 26.1 Å². The van der Waals surface area contributed by atoms with E-state index in [1.54, 1.807) is 28.9 Å². The fraction of sp³-hybridized carbons (Fsp3) is 0.400. The van der Waals surface area contributed by atoms with E-state index < -0.39 is 0 Å². The first-order valence-electron chi connectivity index (χ1n) is 7.34. The molecule has 3 rings (SSSR count). The fourth-order valence-corrected chi connectivity index (χ4v) is 2.74. The highest BCUT2D eigenvalue weighted by atomic mass is 16.2. The van der Waals surface area contributed by atoms with Crippen LogP contribution in [0.4, 0.5) is 0 Å². The summed E-state index contributed by atoms with van der Waals surface area (Å²) in [6, 6.07) is 5.31. The van der Waals surface area contributed by atoms with Crippen molar-refractivity contribution in [1.29, 1.82) is 0 Å². The van der Waals surface area contributed by atoms with Gasteiger partial charge in [0.15, 0.2) is 0 Å². The molecule has 2 amide bonds. The third-order valence-corrected chi connectivity index (χ3v) is 4.07. The quantitative estimate of drug-likeness (QED) is 0.898. The van der Waals surface area contributed by atoms with Crippen LogP contribution in [0.15, 0.2) is 30.6 Å². The zero-order valence-corrected chi connectivity index (χ0v) is 12.7. The van der Waals surface area contributed by atoms with Gasteiger partial charge in [-0.25, -0.2) is 0 Å². The van der Waals surface area contributed by atoms with Gasteiger partial charge in [-0.3, -0.25) is 14.3 Å². The first kappa shape index (κ1) is 14.4. The van der Waals surface area contributed by atoms with E-state index in [2.05, 4.69) is 10.4 Å². The molecule has 1 unspecified atom stereocenters. The van der Waals surface area contributed by atoms with Gasteiger partial charge >= 0.3 is 0 Å². The molecule has 1 aliphatic rings. The molecular formula is C15H19N5O2. The molecule has 22 heavy (non-hydrogen) atoms. The molecule has 1 aliphatic heterocycles. The summed E-state index contributed by atoms with van der Waals surface area (Å²) in [6.45, 7) is 3.67. The largest absolute Gasteiger partial charge is 0.349 e. The maximum Gasteiger partial charge on any atom is 0.270 e. The molecular weight excluding hydrogens is 282 g/mol. The van der Waals surface area contributed by atoms with Crippen LogP contribution in [0, 0.1) is 0 Å². The van der Waals surface area contributed by atoms with Crippen molar-refractivity contribution in [3.8, 4) is 0 Å². The summed E-state index contributed by atoms with van der Waals surface area (Å²) in [5.41, 5.74) is 1.23. The van der Waals surface area contributed by atoms with Crippen LogP contribution >= 0.6 is 0 Å². The number of amides is 2. The van der Waals surface area contributed by atoms with E-state index >= 15 is 0 Å². The van der Waals surface area contributed by atoms with Crippen molar-refractivity contribution in [2.75, 3.05) is 13.6 Å². The maximum atomic E-state index is 12.2. The lowest BCUT2D eigenvalue weighted by atomic mass is 10.1. The Balaban J connectivity index is 1.67. The van der Waals surface area contributed by atoms with Gasteiger partial charge in [0.2, 0.25) is 0 Å². The molecule has 0 aliphatic carbocycles. The van der Waals surface area contributed by atoms with Gasteiger partial charge in [0.05, 0.1) is 6.04 Å². The van der Waals surface area contributed by atoms with Crippen molar-refractivity contribution >= 4 is 11.8 Å². The molecule has 3 heterocycles. The van der Waals surface area contributed by atoms with Crippen LogP contribution in [0.2, 0.25) is 0 Å². The SMILES string of the molecule is CCn1nccc1C(=O)NCC1Cn2cccc2C(=O)N1C. The monoisotopic (exact) mass is 301 g/mol. The summed E-state index contributed by atoms with van der Waals surface area (Å²) < 4.78 is 3.57. The second kappa shape index (κ2) is 5.67. The number of aromatic nitrogens is 3. The molecule has 7 heteroatoms. The van der Waals surface area contributed by atoms with Crippen LogP contribution in [0.5, 0.6) is 0 Å². The summed E-state index contributed by atoms with van der Waals surface area (Å²) in [7, 11) is 1.77. The van der Waals surface area contributed by atoms with E-state index in [-0.39, 0.29) is 17.9 Å². The van der Waals surface area contributed by atoms with Gasteiger partial charge in [-0.1, -0.05) is 0 Å². The van der Waals surface area contributed by atoms with E-state index in [4.69, 9.17) is 0 Å². The number of fused-ring (bicyclic) bond motifs is 1. The van der Waals surface area contributed by atoms with Crippen LogP contribution in [-0.2, 0) is 13.1 Å². The standard InChI is InChI=1S/C15H19N5O2/c1-3-20-12(6-7-17-20)14(21)16-9-11-10-19-8-4-5-13(19)15(22)18(11)2/h4-8,11H,3,9-10H2,1-2H3,(H,16,21). The Morgan fingerprint density at radius 2 is 2.27 bits per heavy atom. The molecule has 1 N–H and O–H groups in total. The number of carbonyl (C=O) groups is 2. The second-order valence-corrected chi connectivity index (χ2v) is 5.36. The summed E-state index contributed by atoms with van der Waals surface area (Å²) in [4.78, 5) is 26.2. The molecule has 2 aromatic heterocycles. The summed E-state index contributed by atoms with van der Waals surface area (Å²) in [5, 5.41) is 6.98. The Labute approximate surface area is 128 Å². The molecule has 0 saturated heterocycles. The van der Waals surface area contributed by atoms with Gasteiger partial charge in [-0.2, -0.15) is 5.10 Å². The first-order chi connectivity index (χ1) is 10.6. The molecule has 0 aromatic carbocycles. The zero-order valence-electron chi connectivity index (χ0n) is 12.7. The number of nitrogens with one attached hydrogen (secondary N) is 1. The molecule has 7 nitrogen and oxygen atoms in total. The third-order valence-electron chi connectivity index (χ3n) is 4.07. The first-order valence-corrected chi connectivity index (χ1v) is 7.34. The zero-order chi connectivity index (χ0) is 15.7. The Hall–Kier alpha value is -2.57. The number of carbonyl (C=O) groups excluding carboxylic acids is 2. The summed E-state index contributed by atoms with van der Waals surface area (Å²) in [5.74, 6) is -0.187. The topological polar surface area (TPSA) is 72.2 Å². The fourth-order valence-electron chi connectivity index (χ4n) is 2.74. The van der Waals surface area contributed by atoms with Crippen LogP contribution in [0.3, 0.4) is 0 Å². The van der Waals surface area contributed by atoms with Gasteiger partial charge in [-0.05, 0) is 25.1 Å². The summed E-state index contributed by atoms with van der Waals surface area (Å²) >= 11 is 0. The van der Waals surface area contributed by atoms with Crippen molar-refractivity contribution in [1.82, 2.24) is 24.6 Å². The van der Waals surface area contributed by atoms with Crippen molar-refractivity contribution < 1.29 is 9.59 Å². The summed E-state index contributed by atoms with van der Waals surface area (Å²) in [6.07, 6.45) is 3.50. The Morgan fingerprint density at radius 3 is 3.05 bits per heavy atom. The highest BCUT2D eigenvalue weighted by Crippen LogP contribution is 2.16. The highest BCUT2D eigenvalue weighted by Gasteiger charge is 2.29. The molecule has 0 fully saturated rings. The van der Waals surface area contributed by atoms with Crippen LogP contribution in [-0.4, -0.2) is 50.7 Å². The van der Waals surface area contributed by atoms with E-state index in [9.17, 15) is 9.59 Å². The van der Waals surface area contributed by atoms with E-state index in [1.807, 2.05) is 29.8 Å². The Morgan fingerprint density at radius 1 is 1.45 bits per heavy atom. The smallest absolute Gasteiger partial charge is 0.270 e. The number of likely N-dealkylation sites (N-methyl/N-ethyl adjacent to an activating group) is 1. The van der Waals surface area contributed by atoms with E-state index in [0.717, 1.165) is 0 Å². The van der Waals surface area contributed by atoms with Crippen molar-refractivity contribution in [3.05, 3.63) is 42.0 Å². The molecule has 116 valence electrons. The molecule has 0 radical (unpaired) electrons. The molecule has 0 saturated carbocycles. The molecule has 0 bridgehead atoms. The predicted octanol–water partition coefficient (Wildman–Crippen LogP) is 0.589. The van der Waals surface area contributed by atoms with E-state index in [1.165, 1.54) is 0 Å². The van der Waals surface area contributed by atoms with Gasteiger partial charge in [0.1, 0.15) is 11.4 Å². The van der Waals surface area contributed by atoms with Crippen molar-refractivity contribution in [2.24, 2.45) is 0 Å². The highest BCUT2D eigenvalue weighted by molar-refractivity contribution is 5.94. The number of rotatable bonds is 4. The molecule has 1 atom stereocenters. The molecule has 0 spiro atoms. The van der Waals surface area contributed by atoms with Crippen LogP contribution in [0.1, 0.15) is 27.9 Å².